The number of rotatable bonds is 3. The van der Waals surface area contributed by atoms with Crippen molar-refractivity contribution in [3.8, 4) is 0 Å². The van der Waals surface area contributed by atoms with E-state index in [1.807, 2.05) is 30.0 Å². The van der Waals surface area contributed by atoms with Gasteiger partial charge >= 0.3 is 0 Å². The summed E-state index contributed by atoms with van der Waals surface area (Å²) < 4.78 is 0.885. The highest BCUT2D eigenvalue weighted by molar-refractivity contribution is 9.10. The van der Waals surface area contributed by atoms with E-state index in [2.05, 4.69) is 36.5 Å². The summed E-state index contributed by atoms with van der Waals surface area (Å²) in [5.41, 5.74) is 2.69. The first-order valence-corrected chi connectivity index (χ1v) is 9.65. The molecule has 1 aliphatic heterocycles. The fraction of sp³-hybridized carbons (Fsp3) is 0.200. The van der Waals surface area contributed by atoms with Crippen molar-refractivity contribution < 1.29 is 9.59 Å². The topological polar surface area (TPSA) is 87.2 Å². The van der Waals surface area contributed by atoms with Crippen LogP contribution in [0.5, 0.6) is 0 Å². The molecule has 0 radical (unpaired) electrons. The van der Waals surface area contributed by atoms with Crippen LogP contribution in [0.4, 0.5) is 11.5 Å². The lowest BCUT2D eigenvalue weighted by atomic mass is 10.1. The van der Waals surface area contributed by atoms with E-state index in [4.69, 9.17) is 0 Å². The summed E-state index contributed by atoms with van der Waals surface area (Å²) in [4.78, 5) is 35.2. The van der Waals surface area contributed by atoms with Gasteiger partial charge in [0.1, 0.15) is 5.82 Å². The van der Waals surface area contributed by atoms with E-state index < -0.39 is 0 Å². The molecule has 3 heterocycles. The Balaban J connectivity index is 1.56. The number of carbonyl (C=O) groups excluding carboxylic acids is 2. The van der Waals surface area contributed by atoms with Crippen LogP contribution in [0, 0.1) is 6.92 Å². The van der Waals surface area contributed by atoms with Crippen LogP contribution in [-0.4, -0.2) is 41.4 Å². The first-order valence-electron chi connectivity index (χ1n) is 8.85. The zero-order valence-corrected chi connectivity index (χ0v) is 16.8. The van der Waals surface area contributed by atoms with Crippen molar-refractivity contribution in [2.45, 2.75) is 6.92 Å². The van der Waals surface area contributed by atoms with Gasteiger partial charge in [-0.05, 0) is 43.3 Å². The molecule has 0 bridgehead atoms. The standard InChI is InChI=1S/C20H18BrN5O2/c1-12-8-16(15-9-13(21)2-4-17(15)24-12)20(28)25-14-3-5-18(23-10-14)26-7-6-22-19(27)11-26/h2-5,8-10H,6-7,11H2,1H3,(H,22,27)(H,25,28). The van der Waals surface area contributed by atoms with E-state index in [1.165, 1.54) is 0 Å². The zero-order valence-electron chi connectivity index (χ0n) is 15.2. The maximum atomic E-state index is 12.9. The molecule has 8 heteroatoms. The Morgan fingerprint density at radius 3 is 2.86 bits per heavy atom. The van der Waals surface area contributed by atoms with Gasteiger partial charge in [0.2, 0.25) is 5.91 Å². The number of hydrogen-bond donors (Lipinski definition) is 2. The van der Waals surface area contributed by atoms with Crippen LogP contribution in [0.2, 0.25) is 0 Å². The van der Waals surface area contributed by atoms with Crippen LogP contribution < -0.4 is 15.5 Å². The van der Waals surface area contributed by atoms with Crippen molar-refractivity contribution in [1.29, 1.82) is 0 Å². The van der Waals surface area contributed by atoms with Gasteiger partial charge in [-0.1, -0.05) is 15.9 Å². The number of benzene rings is 1. The lowest BCUT2D eigenvalue weighted by Gasteiger charge is -2.27. The Labute approximate surface area is 170 Å². The summed E-state index contributed by atoms with van der Waals surface area (Å²) >= 11 is 3.45. The predicted octanol–water partition coefficient (Wildman–Crippen LogP) is 2.89. The fourth-order valence-electron chi connectivity index (χ4n) is 3.20. The van der Waals surface area contributed by atoms with Gasteiger partial charge in [0.25, 0.3) is 5.91 Å². The normalized spacial score (nSPS) is 14.1. The number of anilines is 2. The quantitative estimate of drug-likeness (QED) is 0.654. The summed E-state index contributed by atoms with van der Waals surface area (Å²) in [6.45, 7) is 3.46. The number of amides is 2. The summed E-state index contributed by atoms with van der Waals surface area (Å²) in [6.07, 6.45) is 1.60. The van der Waals surface area contributed by atoms with Crippen LogP contribution in [0.1, 0.15) is 16.1 Å². The molecule has 1 fully saturated rings. The van der Waals surface area contributed by atoms with Crippen molar-refractivity contribution >= 4 is 50.2 Å². The Kier molecular flexibility index (Phi) is 4.95. The SMILES string of the molecule is Cc1cc(C(=O)Nc2ccc(N3CCNC(=O)C3)nc2)c2cc(Br)ccc2n1. The molecule has 1 saturated heterocycles. The van der Waals surface area contributed by atoms with E-state index in [0.29, 0.717) is 30.2 Å². The van der Waals surface area contributed by atoms with Crippen LogP contribution in [0.25, 0.3) is 10.9 Å². The number of fused-ring (bicyclic) bond motifs is 1. The second kappa shape index (κ2) is 7.55. The number of aryl methyl sites for hydroxylation is 1. The molecule has 2 amide bonds. The first kappa shape index (κ1) is 18.4. The molecule has 0 spiro atoms. The predicted molar refractivity (Wildman–Crippen MR) is 112 cm³/mol. The molecule has 1 aromatic carbocycles. The van der Waals surface area contributed by atoms with Crippen molar-refractivity contribution in [2.24, 2.45) is 0 Å². The number of hydrogen-bond acceptors (Lipinski definition) is 5. The molecule has 28 heavy (non-hydrogen) atoms. The van der Waals surface area contributed by atoms with E-state index in [9.17, 15) is 9.59 Å². The third kappa shape index (κ3) is 3.82. The highest BCUT2D eigenvalue weighted by Gasteiger charge is 2.18. The number of nitrogens with zero attached hydrogens (tertiary/aromatic N) is 3. The van der Waals surface area contributed by atoms with Crippen molar-refractivity contribution in [3.63, 3.8) is 0 Å². The van der Waals surface area contributed by atoms with E-state index in [-0.39, 0.29) is 18.4 Å². The summed E-state index contributed by atoms with van der Waals surface area (Å²) in [7, 11) is 0. The summed E-state index contributed by atoms with van der Waals surface area (Å²) in [5, 5.41) is 6.46. The van der Waals surface area contributed by atoms with Crippen molar-refractivity contribution in [2.75, 3.05) is 29.9 Å². The van der Waals surface area contributed by atoms with Gasteiger partial charge < -0.3 is 15.5 Å². The first-order chi connectivity index (χ1) is 13.5. The third-order valence-electron chi connectivity index (χ3n) is 4.51. The number of halogens is 1. The second-order valence-electron chi connectivity index (χ2n) is 6.60. The molecule has 2 N–H and O–H groups in total. The summed E-state index contributed by atoms with van der Waals surface area (Å²) in [5.74, 6) is 0.471. The number of pyridine rings is 2. The highest BCUT2D eigenvalue weighted by atomic mass is 79.9. The average molecular weight is 440 g/mol. The van der Waals surface area contributed by atoms with Gasteiger partial charge in [-0.2, -0.15) is 0 Å². The van der Waals surface area contributed by atoms with E-state index in [0.717, 1.165) is 21.1 Å². The lowest BCUT2D eigenvalue weighted by Crippen LogP contribution is -2.48. The maximum Gasteiger partial charge on any atom is 0.256 e. The van der Waals surface area contributed by atoms with Crippen LogP contribution in [0.15, 0.2) is 47.1 Å². The van der Waals surface area contributed by atoms with Gasteiger partial charge in [0, 0.05) is 28.6 Å². The molecule has 0 unspecified atom stereocenters. The molecule has 0 aliphatic carbocycles. The number of piperazine rings is 1. The molecular weight excluding hydrogens is 422 g/mol. The minimum atomic E-state index is -0.222. The van der Waals surface area contributed by atoms with Crippen molar-refractivity contribution in [1.82, 2.24) is 15.3 Å². The Hall–Kier alpha value is -3.00. The molecule has 1 aliphatic rings. The Morgan fingerprint density at radius 1 is 1.25 bits per heavy atom. The van der Waals surface area contributed by atoms with Crippen LogP contribution >= 0.6 is 15.9 Å². The Morgan fingerprint density at radius 2 is 2.11 bits per heavy atom. The molecule has 2 aromatic heterocycles. The number of aromatic nitrogens is 2. The second-order valence-corrected chi connectivity index (χ2v) is 7.52. The molecule has 0 atom stereocenters. The van der Waals surface area contributed by atoms with E-state index >= 15 is 0 Å². The fourth-order valence-corrected chi connectivity index (χ4v) is 3.56. The maximum absolute atomic E-state index is 12.9. The lowest BCUT2D eigenvalue weighted by molar-refractivity contribution is -0.120. The minimum Gasteiger partial charge on any atom is -0.353 e. The third-order valence-corrected chi connectivity index (χ3v) is 5.00. The summed E-state index contributed by atoms with van der Waals surface area (Å²) in [6, 6.07) is 11.0. The van der Waals surface area contributed by atoms with Gasteiger partial charge in [0.15, 0.2) is 0 Å². The molecular formula is C20H18BrN5O2. The van der Waals surface area contributed by atoms with Crippen molar-refractivity contribution in [3.05, 3.63) is 58.3 Å². The smallest absolute Gasteiger partial charge is 0.256 e. The highest BCUT2D eigenvalue weighted by Crippen LogP contribution is 2.24. The minimum absolute atomic E-state index is 0.0171. The molecule has 0 saturated carbocycles. The largest absolute Gasteiger partial charge is 0.353 e. The van der Waals surface area contributed by atoms with Gasteiger partial charge in [-0.15, -0.1) is 0 Å². The zero-order chi connectivity index (χ0) is 19.7. The monoisotopic (exact) mass is 439 g/mol. The molecule has 7 nitrogen and oxygen atoms in total. The van der Waals surface area contributed by atoms with Gasteiger partial charge in [0.05, 0.1) is 29.5 Å². The van der Waals surface area contributed by atoms with Crippen LogP contribution in [-0.2, 0) is 4.79 Å². The van der Waals surface area contributed by atoms with Crippen LogP contribution in [0.3, 0.4) is 0 Å². The van der Waals surface area contributed by atoms with Gasteiger partial charge in [-0.25, -0.2) is 4.98 Å². The molecule has 142 valence electrons. The average Bonchev–Trinajstić information content (AvgIpc) is 2.68. The number of nitrogens with one attached hydrogen (secondary N) is 2. The molecule has 3 aromatic rings. The van der Waals surface area contributed by atoms with E-state index in [1.54, 1.807) is 24.4 Å². The molecule has 4 rings (SSSR count). The number of carbonyl (C=O) groups is 2. The van der Waals surface area contributed by atoms with Gasteiger partial charge in [-0.3, -0.25) is 14.6 Å². The Bertz CT molecular complexity index is 1070.